The lowest BCUT2D eigenvalue weighted by atomic mass is 10.1. The molecule has 1 saturated heterocycles. The molecule has 0 spiro atoms. The number of anilines is 1. The van der Waals surface area contributed by atoms with Crippen molar-refractivity contribution >= 4 is 22.3 Å². The maximum Gasteiger partial charge on any atom is 0.185 e. The molecule has 21 heavy (non-hydrogen) atoms. The smallest absolute Gasteiger partial charge is 0.185 e. The van der Waals surface area contributed by atoms with E-state index >= 15 is 0 Å². The highest BCUT2D eigenvalue weighted by Gasteiger charge is 2.27. The van der Waals surface area contributed by atoms with E-state index in [1.807, 2.05) is 0 Å². The number of aromatic nitrogens is 1. The fourth-order valence-corrected chi connectivity index (χ4v) is 3.65. The van der Waals surface area contributed by atoms with Crippen molar-refractivity contribution in [1.82, 2.24) is 9.88 Å². The van der Waals surface area contributed by atoms with Gasteiger partial charge in [0.05, 0.1) is 11.7 Å². The van der Waals surface area contributed by atoms with Crippen LogP contribution in [0.5, 0.6) is 0 Å². The number of rotatable bonds is 6. The minimum absolute atomic E-state index is 0.0460. The Hall–Kier alpha value is -1.34. The zero-order valence-corrected chi connectivity index (χ0v) is 13.6. The third-order valence-corrected chi connectivity index (χ3v) is 4.90. The Kier molecular flexibility index (Phi) is 5.81. The Morgan fingerprint density at radius 2 is 2.14 bits per heavy atom. The van der Waals surface area contributed by atoms with E-state index in [-0.39, 0.29) is 6.04 Å². The SMILES string of the molecule is CCCC(C(N)=NO)N1CCN(c2nc(CC)cs2)CC1. The third kappa shape index (κ3) is 3.85. The topological polar surface area (TPSA) is 78.0 Å². The second-order valence-electron chi connectivity index (χ2n) is 5.33. The van der Waals surface area contributed by atoms with E-state index < -0.39 is 0 Å². The number of thiazole rings is 1. The van der Waals surface area contributed by atoms with Gasteiger partial charge >= 0.3 is 0 Å². The molecule has 2 heterocycles. The van der Waals surface area contributed by atoms with Crippen LogP contribution in [0.3, 0.4) is 0 Å². The quantitative estimate of drug-likeness (QED) is 0.362. The van der Waals surface area contributed by atoms with E-state index in [4.69, 9.17) is 10.9 Å². The molecule has 1 aromatic heterocycles. The lowest BCUT2D eigenvalue weighted by molar-refractivity contribution is 0.211. The van der Waals surface area contributed by atoms with Crippen molar-refractivity contribution in [3.63, 3.8) is 0 Å². The van der Waals surface area contributed by atoms with Crippen LogP contribution in [0, 0.1) is 0 Å². The van der Waals surface area contributed by atoms with Gasteiger partial charge in [0.25, 0.3) is 0 Å². The number of nitrogens with zero attached hydrogens (tertiary/aromatic N) is 4. The highest BCUT2D eigenvalue weighted by atomic mass is 32.1. The van der Waals surface area contributed by atoms with Crippen LogP contribution in [0.15, 0.2) is 10.5 Å². The molecule has 0 radical (unpaired) electrons. The Labute approximate surface area is 130 Å². The molecule has 0 aromatic carbocycles. The minimum Gasteiger partial charge on any atom is -0.409 e. The van der Waals surface area contributed by atoms with Crippen molar-refractivity contribution in [3.05, 3.63) is 11.1 Å². The highest BCUT2D eigenvalue weighted by molar-refractivity contribution is 7.13. The van der Waals surface area contributed by atoms with Crippen LogP contribution in [-0.4, -0.2) is 53.1 Å². The molecular weight excluding hydrogens is 286 g/mol. The zero-order valence-electron chi connectivity index (χ0n) is 12.8. The summed E-state index contributed by atoms with van der Waals surface area (Å²) in [6, 6.07) is 0.0460. The average Bonchev–Trinajstić information content (AvgIpc) is 3.01. The summed E-state index contributed by atoms with van der Waals surface area (Å²) >= 11 is 1.72. The first-order chi connectivity index (χ1) is 10.2. The number of hydrogen-bond donors (Lipinski definition) is 2. The van der Waals surface area contributed by atoms with Crippen LogP contribution < -0.4 is 10.6 Å². The molecule has 6 nitrogen and oxygen atoms in total. The van der Waals surface area contributed by atoms with Crippen molar-refractivity contribution in [2.24, 2.45) is 10.9 Å². The summed E-state index contributed by atoms with van der Waals surface area (Å²) < 4.78 is 0. The lowest BCUT2D eigenvalue weighted by Crippen LogP contribution is -2.54. The van der Waals surface area contributed by atoms with E-state index in [2.05, 4.69) is 39.2 Å². The summed E-state index contributed by atoms with van der Waals surface area (Å²) in [5.41, 5.74) is 7.00. The Morgan fingerprint density at radius 1 is 1.43 bits per heavy atom. The van der Waals surface area contributed by atoms with Crippen LogP contribution in [0.4, 0.5) is 5.13 Å². The molecule has 1 aliphatic heterocycles. The summed E-state index contributed by atoms with van der Waals surface area (Å²) in [5, 5.41) is 15.4. The van der Waals surface area contributed by atoms with Gasteiger partial charge in [-0.1, -0.05) is 25.4 Å². The van der Waals surface area contributed by atoms with Gasteiger partial charge in [0.15, 0.2) is 11.0 Å². The van der Waals surface area contributed by atoms with Crippen LogP contribution >= 0.6 is 11.3 Å². The number of hydrogen-bond acceptors (Lipinski definition) is 6. The minimum atomic E-state index is 0.0460. The van der Waals surface area contributed by atoms with Gasteiger partial charge in [-0.3, -0.25) is 4.90 Å². The van der Waals surface area contributed by atoms with Gasteiger partial charge in [0.1, 0.15) is 0 Å². The molecule has 1 aliphatic rings. The highest BCUT2D eigenvalue weighted by Crippen LogP contribution is 2.23. The van der Waals surface area contributed by atoms with Gasteiger partial charge in [-0.05, 0) is 12.8 Å². The number of piperazine rings is 1. The second-order valence-corrected chi connectivity index (χ2v) is 6.16. The average molecular weight is 311 g/mol. The monoisotopic (exact) mass is 311 g/mol. The first-order valence-electron chi connectivity index (χ1n) is 7.60. The fraction of sp³-hybridized carbons (Fsp3) is 0.714. The zero-order chi connectivity index (χ0) is 15.2. The molecule has 1 fully saturated rings. The number of nitrogens with two attached hydrogens (primary N) is 1. The van der Waals surface area contributed by atoms with Crippen molar-refractivity contribution in [3.8, 4) is 0 Å². The van der Waals surface area contributed by atoms with Gasteiger partial charge in [-0.25, -0.2) is 4.98 Å². The largest absolute Gasteiger partial charge is 0.409 e. The molecule has 3 N–H and O–H groups in total. The molecule has 7 heteroatoms. The van der Waals surface area contributed by atoms with E-state index in [1.165, 1.54) is 0 Å². The molecule has 2 rings (SSSR count). The van der Waals surface area contributed by atoms with Crippen molar-refractivity contribution in [2.45, 2.75) is 39.2 Å². The maximum absolute atomic E-state index is 8.94. The van der Waals surface area contributed by atoms with E-state index in [0.29, 0.717) is 5.84 Å². The molecule has 0 amide bonds. The lowest BCUT2D eigenvalue weighted by Gasteiger charge is -2.38. The fourth-order valence-electron chi connectivity index (χ4n) is 2.69. The van der Waals surface area contributed by atoms with Gasteiger partial charge in [-0.15, -0.1) is 11.3 Å². The first kappa shape index (κ1) is 16.0. The summed E-state index contributed by atoms with van der Waals surface area (Å²) in [7, 11) is 0. The maximum atomic E-state index is 8.94. The third-order valence-electron chi connectivity index (χ3n) is 3.95. The molecule has 0 saturated carbocycles. The summed E-state index contributed by atoms with van der Waals surface area (Å²) in [6.07, 6.45) is 2.93. The summed E-state index contributed by atoms with van der Waals surface area (Å²) in [6.45, 7) is 7.97. The van der Waals surface area contributed by atoms with E-state index in [1.54, 1.807) is 11.3 Å². The molecule has 118 valence electrons. The van der Waals surface area contributed by atoms with Gasteiger partial charge < -0.3 is 15.8 Å². The number of aryl methyl sites for hydroxylation is 1. The van der Waals surface area contributed by atoms with Crippen molar-refractivity contribution < 1.29 is 5.21 Å². The van der Waals surface area contributed by atoms with Crippen LogP contribution in [-0.2, 0) is 6.42 Å². The first-order valence-corrected chi connectivity index (χ1v) is 8.48. The van der Waals surface area contributed by atoms with Gasteiger partial charge in [0, 0.05) is 31.6 Å². The Bertz CT molecular complexity index is 468. The number of oxime groups is 1. The molecule has 0 bridgehead atoms. The van der Waals surface area contributed by atoms with Gasteiger partial charge in [0.2, 0.25) is 0 Å². The molecule has 1 aromatic rings. The van der Waals surface area contributed by atoms with E-state index in [0.717, 1.165) is 56.3 Å². The predicted molar refractivity (Wildman–Crippen MR) is 87.4 cm³/mol. The summed E-state index contributed by atoms with van der Waals surface area (Å²) in [5.74, 6) is 0.327. The Morgan fingerprint density at radius 3 is 2.67 bits per heavy atom. The molecule has 0 aliphatic carbocycles. The van der Waals surface area contributed by atoms with Crippen molar-refractivity contribution in [2.75, 3.05) is 31.1 Å². The van der Waals surface area contributed by atoms with Crippen LogP contribution in [0.1, 0.15) is 32.4 Å². The second kappa shape index (κ2) is 7.61. The van der Waals surface area contributed by atoms with E-state index in [9.17, 15) is 0 Å². The molecule has 1 atom stereocenters. The van der Waals surface area contributed by atoms with Crippen LogP contribution in [0.2, 0.25) is 0 Å². The normalized spacial score (nSPS) is 19.0. The van der Waals surface area contributed by atoms with Gasteiger partial charge in [-0.2, -0.15) is 0 Å². The standard InChI is InChI=1S/C14H25N5OS/c1-3-5-12(13(15)17-20)18-6-8-19(9-7-18)14-16-11(4-2)10-21-14/h10,12,20H,3-9H2,1-2H3,(H2,15,17). The molecular formula is C14H25N5OS. The van der Waals surface area contributed by atoms with Crippen LogP contribution in [0.25, 0.3) is 0 Å². The molecule has 1 unspecified atom stereocenters. The summed E-state index contributed by atoms with van der Waals surface area (Å²) in [4.78, 5) is 9.29. The van der Waals surface area contributed by atoms with Crippen molar-refractivity contribution in [1.29, 1.82) is 0 Å². The predicted octanol–water partition coefficient (Wildman–Crippen LogP) is 1.74. The Balaban J connectivity index is 1.95. The number of amidine groups is 1.